The molecule has 2 nitrogen and oxygen atoms in total. The molecule has 1 unspecified atom stereocenters. The van der Waals surface area contributed by atoms with Crippen LogP contribution in [0.2, 0.25) is 0 Å². The zero-order chi connectivity index (χ0) is 14.4. The number of carbonyl (C=O) groups is 1. The first kappa shape index (κ1) is 13.9. The fraction of sp³-hybridized carbons (Fsp3) is 0.500. The summed E-state index contributed by atoms with van der Waals surface area (Å²) < 4.78 is 38.3. The van der Waals surface area contributed by atoms with Gasteiger partial charge in [0.1, 0.15) is 0 Å². The van der Waals surface area contributed by atoms with Crippen LogP contribution in [0.25, 0.3) is 0 Å². The molecular weight excluding hydrogens is 255 g/mol. The summed E-state index contributed by atoms with van der Waals surface area (Å²) in [5.41, 5.74) is 0.313. The van der Waals surface area contributed by atoms with Crippen molar-refractivity contribution in [3.63, 3.8) is 0 Å². The van der Waals surface area contributed by atoms with Gasteiger partial charge in [-0.2, -0.15) is 13.2 Å². The third-order valence-corrected chi connectivity index (χ3v) is 3.57. The van der Waals surface area contributed by atoms with E-state index in [1.807, 2.05) is 6.92 Å². The number of hydrogen-bond acceptors (Lipinski definition) is 1. The van der Waals surface area contributed by atoms with E-state index in [0.717, 1.165) is 10.5 Å². The van der Waals surface area contributed by atoms with Crippen molar-refractivity contribution in [1.82, 2.24) is 0 Å². The Kier molecular flexibility index (Phi) is 3.11. The lowest BCUT2D eigenvalue weighted by molar-refractivity contribution is -0.171. The van der Waals surface area contributed by atoms with Crippen molar-refractivity contribution in [3.05, 3.63) is 29.8 Å². The largest absolute Gasteiger partial charge is 0.471 e. The molecule has 1 aromatic rings. The summed E-state index contributed by atoms with van der Waals surface area (Å²) in [6.07, 6.45) is -4.35. The van der Waals surface area contributed by atoms with Gasteiger partial charge < -0.3 is 0 Å². The first-order chi connectivity index (χ1) is 8.64. The fourth-order valence-electron chi connectivity index (χ4n) is 2.90. The number of benzene rings is 1. The number of alkyl halides is 3. The van der Waals surface area contributed by atoms with Gasteiger partial charge >= 0.3 is 12.1 Å². The maximum atomic E-state index is 12.8. The summed E-state index contributed by atoms with van der Waals surface area (Å²) in [6.45, 7) is 5.31. The predicted octanol–water partition coefficient (Wildman–Crippen LogP) is 3.87. The fourth-order valence-corrected chi connectivity index (χ4v) is 2.90. The third-order valence-electron chi connectivity index (χ3n) is 3.57. The SMILES string of the molecule is CC1CC(C)(C)N(C(=O)C(F)(F)F)c2ccccc21. The van der Waals surface area contributed by atoms with Gasteiger partial charge in [0.05, 0.1) is 0 Å². The second-order valence-corrected chi connectivity index (χ2v) is 5.61. The predicted molar refractivity (Wildman–Crippen MR) is 67.1 cm³/mol. The molecule has 5 heteroatoms. The molecule has 0 aromatic heterocycles. The Morgan fingerprint density at radius 2 is 1.89 bits per heavy atom. The summed E-state index contributed by atoms with van der Waals surface area (Å²) in [5, 5.41) is 0. The van der Waals surface area contributed by atoms with Crippen LogP contribution in [-0.4, -0.2) is 17.6 Å². The minimum atomic E-state index is -4.86. The van der Waals surface area contributed by atoms with Crippen LogP contribution >= 0.6 is 0 Å². The van der Waals surface area contributed by atoms with E-state index in [0.29, 0.717) is 12.1 Å². The molecule has 0 saturated carbocycles. The second kappa shape index (κ2) is 4.25. The van der Waals surface area contributed by atoms with Gasteiger partial charge in [0.15, 0.2) is 0 Å². The van der Waals surface area contributed by atoms with Crippen molar-refractivity contribution in [1.29, 1.82) is 0 Å². The van der Waals surface area contributed by atoms with E-state index in [9.17, 15) is 18.0 Å². The number of fused-ring (bicyclic) bond motifs is 1. The lowest BCUT2D eigenvalue weighted by Crippen LogP contribution is -2.55. The monoisotopic (exact) mass is 271 g/mol. The maximum absolute atomic E-state index is 12.8. The molecule has 19 heavy (non-hydrogen) atoms. The van der Waals surface area contributed by atoms with Gasteiger partial charge in [0.2, 0.25) is 0 Å². The lowest BCUT2D eigenvalue weighted by atomic mass is 9.80. The number of anilines is 1. The van der Waals surface area contributed by atoms with Crippen LogP contribution in [0, 0.1) is 0 Å². The highest BCUT2D eigenvalue weighted by Crippen LogP contribution is 2.44. The maximum Gasteiger partial charge on any atom is 0.471 e. The van der Waals surface area contributed by atoms with E-state index in [2.05, 4.69) is 0 Å². The molecule has 1 atom stereocenters. The van der Waals surface area contributed by atoms with E-state index in [-0.39, 0.29) is 5.92 Å². The van der Waals surface area contributed by atoms with E-state index >= 15 is 0 Å². The Balaban J connectivity index is 2.57. The van der Waals surface area contributed by atoms with Crippen LogP contribution < -0.4 is 4.90 Å². The Morgan fingerprint density at radius 1 is 1.32 bits per heavy atom. The number of hydrogen-bond donors (Lipinski definition) is 0. The van der Waals surface area contributed by atoms with Crippen molar-refractivity contribution in [3.8, 4) is 0 Å². The van der Waals surface area contributed by atoms with Gasteiger partial charge in [-0.15, -0.1) is 0 Å². The van der Waals surface area contributed by atoms with E-state index in [4.69, 9.17) is 0 Å². The highest BCUT2D eigenvalue weighted by atomic mass is 19.4. The van der Waals surface area contributed by atoms with Crippen molar-refractivity contribution in [2.45, 2.75) is 44.8 Å². The Hall–Kier alpha value is -1.52. The van der Waals surface area contributed by atoms with E-state index in [1.165, 1.54) is 0 Å². The molecule has 0 spiro atoms. The van der Waals surface area contributed by atoms with Crippen LogP contribution in [-0.2, 0) is 4.79 Å². The van der Waals surface area contributed by atoms with Crippen LogP contribution in [0.4, 0.5) is 18.9 Å². The van der Waals surface area contributed by atoms with Gasteiger partial charge in [-0.25, -0.2) is 0 Å². The molecule has 1 aromatic carbocycles. The normalized spacial score (nSPS) is 22.0. The molecule has 104 valence electrons. The number of para-hydroxylation sites is 1. The Labute approximate surface area is 110 Å². The van der Waals surface area contributed by atoms with Crippen molar-refractivity contribution >= 4 is 11.6 Å². The molecule has 1 amide bonds. The number of amides is 1. The summed E-state index contributed by atoms with van der Waals surface area (Å²) >= 11 is 0. The number of carbonyl (C=O) groups excluding carboxylic acids is 1. The number of nitrogens with zero attached hydrogens (tertiary/aromatic N) is 1. The quantitative estimate of drug-likeness (QED) is 0.701. The van der Waals surface area contributed by atoms with Crippen LogP contribution in [0.3, 0.4) is 0 Å². The molecular formula is C14H16F3NO. The van der Waals surface area contributed by atoms with Gasteiger partial charge in [-0.05, 0) is 37.8 Å². The molecule has 0 fully saturated rings. The standard InChI is InChI=1S/C14H16F3NO/c1-9-8-13(2,3)18(12(19)14(15,16)17)11-7-5-4-6-10(9)11/h4-7,9H,8H2,1-3H3. The summed E-state index contributed by atoms with van der Waals surface area (Å²) in [4.78, 5) is 12.6. The Morgan fingerprint density at radius 3 is 2.47 bits per heavy atom. The molecule has 0 bridgehead atoms. The average molecular weight is 271 g/mol. The van der Waals surface area contributed by atoms with Gasteiger partial charge in [0, 0.05) is 11.2 Å². The summed E-state index contributed by atoms with van der Waals surface area (Å²) in [6, 6.07) is 6.80. The number of halogens is 3. The van der Waals surface area contributed by atoms with Crippen LogP contribution in [0.1, 0.15) is 38.7 Å². The number of rotatable bonds is 0. The minimum Gasteiger partial charge on any atom is -0.299 e. The Bertz CT molecular complexity index is 508. The molecule has 0 aliphatic carbocycles. The van der Waals surface area contributed by atoms with Gasteiger partial charge in [-0.1, -0.05) is 25.1 Å². The molecule has 1 aliphatic heterocycles. The molecule has 0 N–H and O–H groups in total. The highest BCUT2D eigenvalue weighted by molar-refractivity contribution is 5.99. The summed E-state index contributed by atoms with van der Waals surface area (Å²) in [7, 11) is 0. The van der Waals surface area contributed by atoms with Crippen molar-refractivity contribution in [2.24, 2.45) is 0 Å². The molecule has 1 heterocycles. The van der Waals surface area contributed by atoms with Gasteiger partial charge in [0.25, 0.3) is 0 Å². The smallest absolute Gasteiger partial charge is 0.299 e. The molecule has 0 saturated heterocycles. The average Bonchev–Trinajstić information content (AvgIpc) is 2.26. The van der Waals surface area contributed by atoms with Crippen molar-refractivity contribution in [2.75, 3.05) is 4.90 Å². The van der Waals surface area contributed by atoms with E-state index in [1.54, 1.807) is 38.1 Å². The van der Waals surface area contributed by atoms with Crippen LogP contribution in [0.5, 0.6) is 0 Å². The molecule has 2 rings (SSSR count). The minimum absolute atomic E-state index is 0.128. The highest BCUT2D eigenvalue weighted by Gasteiger charge is 2.50. The molecule has 0 radical (unpaired) electrons. The van der Waals surface area contributed by atoms with E-state index < -0.39 is 17.6 Å². The third kappa shape index (κ3) is 2.33. The zero-order valence-corrected chi connectivity index (χ0v) is 11.1. The van der Waals surface area contributed by atoms with Crippen LogP contribution in [0.15, 0.2) is 24.3 Å². The first-order valence-electron chi connectivity index (χ1n) is 6.15. The molecule has 1 aliphatic rings. The first-order valence-corrected chi connectivity index (χ1v) is 6.15. The topological polar surface area (TPSA) is 20.3 Å². The van der Waals surface area contributed by atoms with Crippen molar-refractivity contribution < 1.29 is 18.0 Å². The second-order valence-electron chi connectivity index (χ2n) is 5.61. The zero-order valence-electron chi connectivity index (χ0n) is 11.1. The summed E-state index contributed by atoms with van der Waals surface area (Å²) in [5.74, 6) is -1.67. The van der Waals surface area contributed by atoms with Gasteiger partial charge in [-0.3, -0.25) is 9.69 Å². The lowest BCUT2D eigenvalue weighted by Gasteiger charge is -2.46.